The van der Waals surface area contributed by atoms with Crippen molar-refractivity contribution in [2.45, 2.75) is 6.92 Å². The molecule has 35 heavy (non-hydrogen) atoms. The molecular weight excluding hydrogens is 444 g/mol. The van der Waals surface area contributed by atoms with E-state index in [4.69, 9.17) is 0 Å². The third-order valence-electron chi connectivity index (χ3n) is 5.31. The molecule has 4 aromatic carbocycles. The van der Waals surface area contributed by atoms with Gasteiger partial charge in [0, 0.05) is 22.5 Å². The Balaban J connectivity index is 0.000000168. The average Bonchev–Trinajstić information content (AvgIpc) is 2.83. The maximum absolute atomic E-state index is 12.3. The van der Waals surface area contributed by atoms with Gasteiger partial charge in [0.1, 0.15) is 11.5 Å². The highest BCUT2D eigenvalue weighted by Crippen LogP contribution is 2.36. The van der Waals surface area contributed by atoms with Gasteiger partial charge in [0.25, 0.3) is 0 Å². The van der Waals surface area contributed by atoms with Crippen molar-refractivity contribution in [1.82, 2.24) is 0 Å². The van der Waals surface area contributed by atoms with Crippen LogP contribution in [0.3, 0.4) is 0 Å². The number of phenols is 2. The second-order valence-corrected chi connectivity index (χ2v) is 7.88. The number of amides is 2. The lowest BCUT2D eigenvalue weighted by Crippen LogP contribution is -2.21. The first kappa shape index (κ1) is 23.3. The summed E-state index contributed by atoms with van der Waals surface area (Å²) in [6.45, 7) is 1.73. The van der Waals surface area contributed by atoms with Gasteiger partial charge in [0.15, 0.2) is 5.78 Å². The second-order valence-electron chi connectivity index (χ2n) is 7.88. The zero-order valence-corrected chi connectivity index (χ0v) is 18.8. The van der Waals surface area contributed by atoms with E-state index >= 15 is 0 Å². The number of carbonyl (C=O) groups is 3. The van der Waals surface area contributed by atoms with Crippen LogP contribution >= 0.6 is 0 Å². The topological polar surface area (TPSA) is 116 Å². The van der Waals surface area contributed by atoms with Crippen LogP contribution in [-0.2, 0) is 0 Å². The normalized spacial score (nSPS) is 11.5. The molecule has 1 aliphatic rings. The van der Waals surface area contributed by atoms with Crippen LogP contribution in [0.5, 0.6) is 11.5 Å². The Morgan fingerprint density at radius 1 is 0.629 bits per heavy atom. The van der Waals surface area contributed by atoms with Crippen molar-refractivity contribution >= 4 is 29.0 Å². The first-order valence-electron chi connectivity index (χ1n) is 10.8. The van der Waals surface area contributed by atoms with Gasteiger partial charge in [0.05, 0.1) is 11.1 Å². The van der Waals surface area contributed by atoms with E-state index in [1.54, 1.807) is 13.0 Å². The van der Waals surface area contributed by atoms with Crippen LogP contribution in [0.25, 0.3) is 0 Å². The number of hydrogen-bond donors (Lipinski definition) is 4. The molecule has 174 valence electrons. The van der Waals surface area contributed by atoms with E-state index in [2.05, 4.69) is 10.6 Å². The summed E-state index contributed by atoms with van der Waals surface area (Å²) in [4.78, 5) is 36.2. The van der Waals surface area contributed by atoms with E-state index in [1.165, 1.54) is 24.3 Å². The molecule has 0 saturated heterocycles. The number of ketones is 2. The molecule has 0 bridgehead atoms. The highest BCUT2D eigenvalue weighted by atomic mass is 16.3. The van der Waals surface area contributed by atoms with Crippen LogP contribution in [0.4, 0.5) is 16.2 Å². The molecule has 7 nitrogen and oxygen atoms in total. The Morgan fingerprint density at radius 3 is 1.74 bits per heavy atom. The van der Waals surface area contributed by atoms with Crippen LogP contribution in [0.1, 0.15) is 37.4 Å². The Kier molecular flexibility index (Phi) is 6.59. The molecule has 0 aliphatic heterocycles. The number of para-hydroxylation sites is 2. The fraction of sp³-hybridized carbons (Fsp3) is 0.0357. The van der Waals surface area contributed by atoms with E-state index in [9.17, 15) is 24.6 Å². The van der Waals surface area contributed by atoms with Gasteiger partial charge in [-0.2, -0.15) is 0 Å². The maximum atomic E-state index is 12.3. The third-order valence-corrected chi connectivity index (χ3v) is 5.31. The van der Waals surface area contributed by atoms with Crippen molar-refractivity contribution in [3.8, 4) is 11.5 Å². The number of benzene rings is 4. The number of rotatable bonds is 2. The van der Waals surface area contributed by atoms with Gasteiger partial charge in [-0.15, -0.1) is 0 Å². The van der Waals surface area contributed by atoms with Gasteiger partial charge in [-0.25, -0.2) is 4.79 Å². The lowest BCUT2D eigenvalue weighted by Gasteiger charge is -2.19. The van der Waals surface area contributed by atoms with E-state index in [0.29, 0.717) is 5.56 Å². The van der Waals surface area contributed by atoms with Crippen molar-refractivity contribution in [3.05, 3.63) is 119 Å². The molecule has 0 atom stereocenters. The number of aromatic hydroxyl groups is 2. The minimum absolute atomic E-state index is 0.0374. The molecule has 0 fully saturated rings. The van der Waals surface area contributed by atoms with Crippen LogP contribution < -0.4 is 10.6 Å². The smallest absolute Gasteiger partial charge is 0.323 e. The quantitative estimate of drug-likeness (QED) is 0.274. The summed E-state index contributed by atoms with van der Waals surface area (Å²) < 4.78 is 0. The van der Waals surface area contributed by atoms with Gasteiger partial charge in [-0.05, 0) is 55.0 Å². The molecule has 0 saturated carbocycles. The van der Waals surface area contributed by atoms with Crippen molar-refractivity contribution < 1.29 is 24.6 Å². The Hall–Kier alpha value is -4.91. The maximum Gasteiger partial charge on any atom is 0.323 e. The minimum Gasteiger partial charge on any atom is -0.507 e. The van der Waals surface area contributed by atoms with Gasteiger partial charge >= 0.3 is 6.03 Å². The standard InChI is InChI=1S/C15H10O4.C13H12N2O/c1-7-5-9-13(11(17)6-7)15(19)12-8(14(9)18)3-2-4-10(12)16;16-13(14-11-7-3-1-4-8-11)15-12-9-5-2-6-10-12/h2-6,16-17H,1H3;1-10H,(H2,14,15,16). The SMILES string of the molecule is Cc1cc(O)c2c(c1)C(=O)c1cccc(O)c1C2=O.O=C(Nc1ccccc1)Nc1ccccc1. The molecule has 0 heterocycles. The Morgan fingerprint density at radius 2 is 1.17 bits per heavy atom. The number of aryl methyl sites for hydroxylation is 1. The molecule has 0 aromatic heterocycles. The van der Waals surface area contributed by atoms with Crippen molar-refractivity contribution in [3.63, 3.8) is 0 Å². The molecule has 0 spiro atoms. The summed E-state index contributed by atoms with van der Waals surface area (Å²) in [7, 11) is 0. The first-order chi connectivity index (χ1) is 16.8. The fourth-order valence-electron chi connectivity index (χ4n) is 3.76. The number of fused-ring (bicyclic) bond motifs is 2. The minimum atomic E-state index is -0.528. The lowest BCUT2D eigenvalue weighted by atomic mass is 9.82. The van der Waals surface area contributed by atoms with Gasteiger partial charge < -0.3 is 20.8 Å². The number of anilines is 2. The largest absolute Gasteiger partial charge is 0.507 e. The van der Waals surface area contributed by atoms with Gasteiger partial charge in [-0.3, -0.25) is 9.59 Å². The van der Waals surface area contributed by atoms with E-state index in [-0.39, 0.29) is 45.6 Å². The molecular formula is C28H22N2O5. The summed E-state index contributed by atoms with van der Waals surface area (Å²) in [6.07, 6.45) is 0. The van der Waals surface area contributed by atoms with Crippen LogP contribution in [-0.4, -0.2) is 27.8 Å². The number of urea groups is 1. The van der Waals surface area contributed by atoms with Crippen molar-refractivity contribution in [2.24, 2.45) is 0 Å². The number of carbonyl (C=O) groups excluding carboxylic acids is 3. The zero-order valence-electron chi connectivity index (χ0n) is 18.8. The average molecular weight is 466 g/mol. The molecule has 0 unspecified atom stereocenters. The monoisotopic (exact) mass is 466 g/mol. The number of phenolic OH excluding ortho intramolecular Hbond substituents is 2. The highest BCUT2D eigenvalue weighted by molar-refractivity contribution is 6.30. The number of nitrogens with one attached hydrogen (secondary N) is 2. The molecule has 4 N–H and O–H groups in total. The van der Waals surface area contributed by atoms with Crippen LogP contribution in [0.15, 0.2) is 91.0 Å². The summed E-state index contributed by atoms with van der Waals surface area (Å²) in [5, 5.41) is 25.1. The van der Waals surface area contributed by atoms with Crippen LogP contribution in [0.2, 0.25) is 0 Å². The molecule has 1 aliphatic carbocycles. The van der Waals surface area contributed by atoms with Crippen molar-refractivity contribution in [1.29, 1.82) is 0 Å². The Bertz CT molecular complexity index is 1370. The molecule has 2 amide bonds. The highest BCUT2D eigenvalue weighted by Gasteiger charge is 2.34. The fourth-order valence-corrected chi connectivity index (χ4v) is 3.76. The van der Waals surface area contributed by atoms with Gasteiger partial charge in [-0.1, -0.05) is 48.5 Å². The third kappa shape index (κ3) is 5.04. The van der Waals surface area contributed by atoms with E-state index in [1.807, 2.05) is 60.7 Å². The predicted octanol–water partition coefficient (Wildman–Crippen LogP) is 5.51. The molecule has 5 rings (SSSR count). The molecule has 0 radical (unpaired) electrons. The summed E-state index contributed by atoms with van der Waals surface area (Å²) in [5.74, 6) is -1.37. The second kappa shape index (κ2) is 9.93. The molecule has 7 heteroatoms. The predicted molar refractivity (Wildman–Crippen MR) is 133 cm³/mol. The van der Waals surface area contributed by atoms with E-state index in [0.717, 1.165) is 11.4 Å². The first-order valence-corrected chi connectivity index (χ1v) is 10.8. The Labute approximate surface area is 201 Å². The number of hydrogen-bond acceptors (Lipinski definition) is 5. The van der Waals surface area contributed by atoms with Crippen molar-refractivity contribution in [2.75, 3.05) is 10.6 Å². The zero-order chi connectivity index (χ0) is 24.9. The lowest BCUT2D eigenvalue weighted by molar-refractivity contribution is 0.0974. The summed E-state index contributed by atoms with van der Waals surface area (Å²) >= 11 is 0. The molecule has 4 aromatic rings. The summed E-state index contributed by atoms with van der Waals surface area (Å²) in [5.41, 5.74) is 2.51. The van der Waals surface area contributed by atoms with Crippen LogP contribution in [0, 0.1) is 6.92 Å². The summed E-state index contributed by atoms with van der Waals surface area (Å²) in [6, 6.07) is 25.8. The van der Waals surface area contributed by atoms with E-state index < -0.39 is 5.78 Å². The van der Waals surface area contributed by atoms with Gasteiger partial charge in [0.2, 0.25) is 5.78 Å².